The van der Waals surface area contributed by atoms with Crippen LogP contribution in [0.1, 0.15) is 32.6 Å². The van der Waals surface area contributed by atoms with Crippen LogP contribution in [0, 0.1) is 0 Å². The maximum Gasteiger partial charge on any atom is 0.0621 e. The van der Waals surface area contributed by atoms with E-state index in [4.69, 9.17) is 5.73 Å². The Morgan fingerprint density at radius 2 is 1.80 bits per heavy atom. The molecule has 3 heteroatoms. The molecule has 2 nitrogen and oxygen atoms in total. The third-order valence-corrected chi connectivity index (χ3v) is 2.11. The molecule has 1 rings (SSSR count). The lowest BCUT2D eigenvalue weighted by Crippen LogP contribution is -2.36. The topological polar surface area (TPSA) is 46.2 Å². The van der Waals surface area contributed by atoms with Gasteiger partial charge >= 0.3 is 0 Å². The molecule has 3 N–H and O–H groups in total. The van der Waals surface area contributed by atoms with Crippen molar-refractivity contribution in [3.05, 3.63) is 0 Å². The van der Waals surface area contributed by atoms with Crippen molar-refractivity contribution in [1.82, 2.24) is 0 Å². The maximum absolute atomic E-state index is 9.44. The van der Waals surface area contributed by atoms with Gasteiger partial charge in [0, 0.05) is 6.04 Å². The molecule has 0 bridgehead atoms. The van der Waals surface area contributed by atoms with Gasteiger partial charge in [-0.3, -0.25) is 0 Å². The first kappa shape index (κ1) is 10.2. The molecule has 0 aromatic rings. The highest BCUT2D eigenvalue weighted by Gasteiger charge is 2.26. The van der Waals surface area contributed by atoms with Crippen LogP contribution in [0.3, 0.4) is 0 Å². The summed E-state index contributed by atoms with van der Waals surface area (Å²) < 4.78 is 0. The van der Waals surface area contributed by atoms with Gasteiger partial charge in [0.1, 0.15) is 0 Å². The number of hydrogen-bond acceptors (Lipinski definition) is 2. The molecule has 0 heterocycles. The van der Waals surface area contributed by atoms with Gasteiger partial charge in [-0.15, -0.1) is 12.4 Å². The summed E-state index contributed by atoms with van der Waals surface area (Å²) in [6, 6.07) is 0.338. The van der Waals surface area contributed by atoms with Crippen molar-refractivity contribution in [3.63, 3.8) is 0 Å². The van der Waals surface area contributed by atoms with Gasteiger partial charge in [-0.05, 0) is 32.6 Å². The fourth-order valence-corrected chi connectivity index (χ4v) is 1.26. The molecule has 1 aliphatic carbocycles. The number of nitrogens with two attached hydrogens (primary N) is 1. The van der Waals surface area contributed by atoms with E-state index in [2.05, 4.69) is 0 Å². The van der Waals surface area contributed by atoms with Gasteiger partial charge in [0.05, 0.1) is 5.60 Å². The van der Waals surface area contributed by atoms with Gasteiger partial charge in [-0.2, -0.15) is 0 Å². The summed E-state index contributed by atoms with van der Waals surface area (Å²) in [5.41, 5.74) is 5.22. The van der Waals surface area contributed by atoms with Crippen molar-refractivity contribution in [1.29, 1.82) is 0 Å². The van der Waals surface area contributed by atoms with Crippen LogP contribution >= 0.6 is 12.4 Å². The van der Waals surface area contributed by atoms with E-state index in [9.17, 15) is 5.11 Å². The smallest absolute Gasteiger partial charge is 0.0621 e. The molecule has 0 amide bonds. The van der Waals surface area contributed by atoms with Crippen molar-refractivity contribution >= 4 is 12.4 Å². The van der Waals surface area contributed by atoms with Crippen molar-refractivity contribution in [2.45, 2.75) is 44.2 Å². The first-order valence-corrected chi connectivity index (χ1v) is 3.58. The van der Waals surface area contributed by atoms with E-state index in [0.29, 0.717) is 6.04 Å². The Morgan fingerprint density at radius 1 is 1.40 bits per heavy atom. The highest BCUT2D eigenvalue weighted by Crippen LogP contribution is 2.26. The van der Waals surface area contributed by atoms with Crippen LogP contribution in [0.15, 0.2) is 0 Å². The summed E-state index contributed by atoms with van der Waals surface area (Å²) in [7, 11) is 0. The molecular formula is C7H16ClNO. The lowest BCUT2D eigenvalue weighted by atomic mass is 9.84. The van der Waals surface area contributed by atoms with Gasteiger partial charge in [0.2, 0.25) is 0 Å². The van der Waals surface area contributed by atoms with E-state index in [-0.39, 0.29) is 12.4 Å². The monoisotopic (exact) mass is 165 g/mol. The number of rotatable bonds is 0. The fraction of sp³-hybridized carbons (Fsp3) is 1.00. The summed E-state index contributed by atoms with van der Waals surface area (Å²) in [6.07, 6.45) is 3.70. The minimum absolute atomic E-state index is 0. The zero-order valence-corrected chi connectivity index (χ0v) is 7.16. The van der Waals surface area contributed by atoms with Crippen LogP contribution in [-0.4, -0.2) is 16.7 Å². The SMILES string of the molecule is CC1(O)CCC(N)CC1.Cl. The van der Waals surface area contributed by atoms with Crippen LogP contribution in [0.25, 0.3) is 0 Å². The number of aliphatic hydroxyl groups is 1. The number of hydrogen-bond donors (Lipinski definition) is 2. The summed E-state index contributed by atoms with van der Waals surface area (Å²) in [4.78, 5) is 0. The van der Waals surface area contributed by atoms with Crippen LogP contribution in [0.2, 0.25) is 0 Å². The molecule has 0 aliphatic heterocycles. The second kappa shape index (κ2) is 3.56. The van der Waals surface area contributed by atoms with Gasteiger partial charge in [0.15, 0.2) is 0 Å². The predicted octanol–water partition coefficient (Wildman–Crippen LogP) is 1.06. The first-order chi connectivity index (χ1) is 4.10. The van der Waals surface area contributed by atoms with Crippen molar-refractivity contribution < 1.29 is 5.11 Å². The molecule has 10 heavy (non-hydrogen) atoms. The number of halogens is 1. The molecule has 0 radical (unpaired) electrons. The van der Waals surface area contributed by atoms with Gasteiger partial charge < -0.3 is 10.8 Å². The standard InChI is InChI=1S/C7H15NO.ClH/c1-7(9)4-2-6(8)3-5-7;/h6,9H,2-5,8H2,1H3;1H. The van der Waals surface area contributed by atoms with Crippen molar-refractivity contribution in [2.75, 3.05) is 0 Å². The van der Waals surface area contributed by atoms with Gasteiger partial charge in [-0.1, -0.05) is 0 Å². The Balaban J connectivity index is 0.000000810. The summed E-state index contributed by atoms with van der Waals surface area (Å²) >= 11 is 0. The van der Waals surface area contributed by atoms with Gasteiger partial charge in [-0.25, -0.2) is 0 Å². The average molecular weight is 166 g/mol. The van der Waals surface area contributed by atoms with Crippen LogP contribution in [0.5, 0.6) is 0 Å². The Morgan fingerprint density at radius 3 is 2.10 bits per heavy atom. The first-order valence-electron chi connectivity index (χ1n) is 3.58. The average Bonchev–Trinajstić information content (AvgIpc) is 1.78. The lowest BCUT2D eigenvalue weighted by molar-refractivity contribution is 0.0178. The van der Waals surface area contributed by atoms with E-state index in [1.165, 1.54) is 0 Å². The minimum Gasteiger partial charge on any atom is -0.390 e. The van der Waals surface area contributed by atoms with E-state index in [1.54, 1.807) is 0 Å². The molecule has 62 valence electrons. The van der Waals surface area contributed by atoms with Crippen LogP contribution in [-0.2, 0) is 0 Å². The minimum atomic E-state index is -0.421. The van der Waals surface area contributed by atoms with E-state index in [1.807, 2.05) is 6.92 Å². The summed E-state index contributed by atoms with van der Waals surface area (Å²) in [5.74, 6) is 0. The lowest BCUT2D eigenvalue weighted by Gasteiger charge is -2.30. The second-order valence-corrected chi connectivity index (χ2v) is 3.33. The van der Waals surface area contributed by atoms with Crippen LogP contribution in [0.4, 0.5) is 0 Å². The van der Waals surface area contributed by atoms with E-state index in [0.717, 1.165) is 25.7 Å². The van der Waals surface area contributed by atoms with E-state index < -0.39 is 5.60 Å². The zero-order chi connectivity index (χ0) is 6.91. The quantitative estimate of drug-likeness (QED) is 0.564. The second-order valence-electron chi connectivity index (χ2n) is 3.33. The molecule has 0 saturated heterocycles. The van der Waals surface area contributed by atoms with Crippen molar-refractivity contribution in [2.24, 2.45) is 5.73 Å². The molecule has 0 aromatic heterocycles. The summed E-state index contributed by atoms with van der Waals surface area (Å²) in [5, 5.41) is 9.44. The highest BCUT2D eigenvalue weighted by molar-refractivity contribution is 5.85. The summed E-state index contributed by atoms with van der Waals surface area (Å²) in [6.45, 7) is 1.89. The molecule has 1 fully saturated rings. The highest BCUT2D eigenvalue weighted by atomic mass is 35.5. The molecule has 0 atom stereocenters. The molecule has 0 unspecified atom stereocenters. The Bertz CT molecular complexity index is 95.8. The molecule has 0 spiro atoms. The third-order valence-electron chi connectivity index (χ3n) is 2.11. The van der Waals surface area contributed by atoms with Crippen molar-refractivity contribution in [3.8, 4) is 0 Å². The van der Waals surface area contributed by atoms with E-state index >= 15 is 0 Å². The fourth-order valence-electron chi connectivity index (χ4n) is 1.26. The largest absolute Gasteiger partial charge is 0.390 e. The Kier molecular flexibility index (Phi) is 3.63. The normalized spacial score (nSPS) is 40.5. The molecule has 0 aromatic carbocycles. The molecule has 1 aliphatic rings. The van der Waals surface area contributed by atoms with Crippen LogP contribution < -0.4 is 5.73 Å². The Hall–Kier alpha value is 0.210. The molecule has 1 saturated carbocycles. The van der Waals surface area contributed by atoms with Gasteiger partial charge in [0.25, 0.3) is 0 Å². The third kappa shape index (κ3) is 2.86. The molecular weight excluding hydrogens is 150 g/mol. The predicted molar refractivity (Wildman–Crippen MR) is 44.3 cm³/mol. The Labute approximate surface area is 68.2 Å². The zero-order valence-electron chi connectivity index (χ0n) is 6.34. The maximum atomic E-state index is 9.44.